The topological polar surface area (TPSA) is 66.9 Å². The van der Waals surface area contributed by atoms with Gasteiger partial charge in [0.25, 0.3) is 5.91 Å². The van der Waals surface area contributed by atoms with Gasteiger partial charge in [-0.05, 0) is 24.5 Å². The zero-order valence-corrected chi connectivity index (χ0v) is 12.8. The Morgan fingerprint density at radius 1 is 1.15 bits per heavy atom. The first kappa shape index (κ1) is 16.4. The Morgan fingerprint density at radius 2 is 1.90 bits per heavy atom. The Bertz CT molecular complexity index is 389. The van der Waals surface area contributed by atoms with Gasteiger partial charge >= 0.3 is 0 Å². The van der Waals surface area contributed by atoms with E-state index in [-0.39, 0.29) is 5.91 Å². The van der Waals surface area contributed by atoms with Gasteiger partial charge in [0.15, 0.2) is 5.69 Å². The molecule has 1 rings (SSSR count). The molecule has 20 heavy (non-hydrogen) atoms. The average Bonchev–Trinajstić information content (AvgIpc) is 2.45. The Kier molecular flexibility index (Phi) is 7.62. The summed E-state index contributed by atoms with van der Waals surface area (Å²) in [6.07, 6.45) is 6.00. The van der Waals surface area contributed by atoms with Crippen molar-refractivity contribution < 1.29 is 4.79 Å². The van der Waals surface area contributed by atoms with E-state index in [1.165, 1.54) is 19.3 Å². The standard InChI is InChI=1S/C15H26N4O/c1-12(2)8-6-4-5-7-11-17-15(20)13-9-10-14(16-3)19-18-13/h9-10,12H,4-8,11H2,1-3H3,(H,16,19)(H,17,20). The summed E-state index contributed by atoms with van der Waals surface area (Å²) in [5.41, 5.74) is 0.365. The van der Waals surface area contributed by atoms with Gasteiger partial charge in [0.05, 0.1) is 0 Å². The molecule has 112 valence electrons. The Balaban J connectivity index is 2.13. The number of amides is 1. The molecule has 0 aliphatic heterocycles. The summed E-state index contributed by atoms with van der Waals surface area (Å²) in [6.45, 7) is 5.21. The molecule has 1 heterocycles. The Morgan fingerprint density at radius 3 is 2.50 bits per heavy atom. The van der Waals surface area contributed by atoms with Gasteiger partial charge in [-0.15, -0.1) is 10.2 Å². The fourth-order valence-corrected chi connectivity index (χ4v) is 1.91. The molecular formula is C15H26N4O. The number of aromatic nitrogens is 2. The van der Waals surface area contributed by atoms with Crippen LogP contribution in [0.2, 0.25) is 0 Å². The smallest absolute Gasteiger partial charge is 0.271 e. The molecule has 0 spiro atoms. The summed E-state index contributed by atoms with van der Waals surface area (Å²) >= 11 is 0. The molecule has 0 saturated heterocycles. The van der Waals surface area contributed by atoms with E-state index >= 15 is 0 Å². The lowest BCUT2D eigenvalue weighted by atomic mass is 10.0. The number of anilines is 1. The predicted molar refractivity (Wildman–Crippen MR) is 81.8 cm³/mol. The van der Waals surface area contributed by atoms with E-state index in [0.717, 1.165) is 18.8 Å². The first-order chi connectivity index (χ1) is 9.63. The molecule has 0 aliphatic rings. The van der Waals surface area contributed by atoms with Crippen LogP contribution in [0.3, 0.4) is 0 Å². The van der Waals surface area contributed by atoms with E-state index in [4.69, 9.17) is 0 Å². The monoisotopic (exact) mass is 278 g/mol. The zero-order chi connectivity index (χ0) is 14.8. The van der Waals surface area contributed by atoms with Gasteiger partial charge in [0, 0.05) is 13.6 Å². The van der Waals surface area contributed by atoms with Gasteiger partial charge in [-0.2, -0.15) is 0 Å². The summed E-state index contributed by atoms with van der Waals surface area (Å²) in [5, 5.41) is 13.5. The van der Waals surface area contributed by atoms with E-state index in [0.29, 0.717) is 18.1 Å². The molecule has 0 aliphatic carbocycles. The third-order valence-electron chi connectivity index (χ3n) is 3.15. The highest BCUT2D eigenvalue weighted by Crippen LogP contribution is 2.09. The number of hydrogen-bond acceptors (Lipinski definition) is 4. The fraction of sp³-hybridized carbons (Fsp3) is 0.667. The normalized spacial score (nSPS) is 10.6. The van der Waals surface area contributed by atoms with Crippen molar-refractivity contribution in [2.24, 2.45) is 5.92 Å². The van der Waals surface area contributed by atoms with Crippen LogP contribution in [-0.4, -0.2) is 29.7 Å². The first-order valence-corrected chi connectivity index (χ1v) is 7.43. The van der Waals surface area contributed by atoms with Gasteiger partial charge in [-0.3, -0.25) is 4.79 Å². The van der Waals surface area contributed by atoms with Crippen LogP contribution in [0.25, 0.3) is 0 Å². The average molecular weight is 278 g/mol. The SMILES string of the molecule is CNc1ccc(C(=O)NCCCCCCC(C)C)nn1. The van der Waals surface area contributed by atoms with Crippen molar-refractivity contribution in [2.45, 2.75) is 46.0 Å². The second-order valence-electron chi connectivity index (χ2n) is 5.41. The maximum Gasteiger partial charge on any atom is 0.271 e. The number of hydrogen-bond donors (Lipinski definition) is 2. The molecule has 1 aromatic rings. The van der Waals surface area contributed by atoms with E-state index in [1.807, 2.05) is 0 Å². The highest BCUT2D eigenvalue weighted by atomic mass is 16.1. The highest BCUT2D eigenvalue weighted by molar-refractivity contribution is 5.92. The lowest BCUT2D eigenvalue weighted by Gasteiger charge is -2.06. The van der Waals surface area contributed by atoms with E-state index < -0.39 is 0 Å². The molecule has 0 radical (unpaired) electrons. The number of nitrogens with one attached hydrogen (secondary N) is 2. The fourth-order valence-electron chi connectivity index (χ4n) is 1.91. The second-order valence-corrected chi connectivity index (χ2v) is 5.41. The molecule has 0 fully saturated rings. The summed E-state index contributed by atoms with van der Waals surface area (Å²) in [6, 6.07) is 3.42. The van der Waals surface area contributed by atoms with Crippen molar-refractivity contribution in [2.75, 3.05) is 18.9 Å². The molecule has 1 aromatic heterocycles. The maximum atomic E-state index is 11.8. The van der Waals surface area contributed by atoms with Gasteiger partial charge < -0.3 is 10.6 Å². The quantitative estimate of drug-likeness (QED) is 0.682. The van der Waals surface area contributed by atoms with E-state index in [1.54, 1.807) is 19.2 Å². The van der Waals surface area contributed by atoms with Crippen LogP contribution in [0.1, 0.15) is 56.4 Å². The van der Waals surface area contributed by atoms with Crippen LogP contribution in [0, 0.1) is 5.92 Å². The van der Waals surface area contributed by atoms with Crippen molar-refractivity contribution in [3.63, 3.8) is 0 Å². The van der Waals surface area contributed by atoms with Crippen LogP contribution < -0.4 is 10.6 Å². The van der Waals surface area contributed by atoms with Gasteiger partial charge in [0.2, 0.25) is 0 Å². The molecule has 0 aromatic carbocycles. The van der Waals surface area contributed by atoms with Crippen LogP contribution in [-0.2, 0) is 0 Å². The highest BCUT2D eigenvalue weighted by Gasteiger charge is 2.06. The molecule has 1 amide bonds. The van der Waals surface area contributed by atoms with Crippen molar-refractivity contribution >= 4 is 11.7 Å². The van der Waals surface area contributed by atoms with Crippen LogP contribution in [0.4, 0.5) is 5.82 Å². The van der Waals surface area contributed by atoms with Crippen molar-refractivity contribution in [3.05, 3.63) is 17.8 Å². The minimum absolute atomic E-state index is 0.151. The number of carbonyl (C=O) groups excluding carboxylic acids is 1. The summed E-state index contributed by atoms with van der Waals surface area (Å²) in [7, 11) is 1.77. The number of carbonyl (C=O) groups is 1. The number of rotatable bonds is 9. The molecular weight excluding hydrogens is 252 g/mol. The Hall–Kier alpha value is -1.65. The van der Waals surface area contributed by atoms with E-state index in [2.05, 4.69) is 34.7 Å². The van der Waals surface area contributed by atoms with Crippen molar-refractivity contribution in [3.8, 4) is 0 Å². The molecule has 5 heteroatoms. The van der Waals surface area contributed by atoms with Crippen LogP contribution in [0.15, 0.2) is 12.1 Å². The largest absolute Gasteiger partial charge is 0.372 e. The van der Waals surface area contributed by atoms with Gasteiger partial charge in [-0.1, -0.05) is 39.5 Å². The molecule has 0 atom stereocenters. The first-order valence-electron chi connectivity index (χ1n) is 7.43. The maximum absolute atomic E-state index is 11.8. The minimum atomic E-state index is -0.151. The third kappa shape index (κ3) is 6.50. The Labute approximate surface area is 121 Å². The second kappa shape index (κ2) is 9.28. The molecule has 0 unspecified atom stereocenters. The third-order valence-corrected chi connectivity index (χ3v) is 3.15. The molecule has 0 bridgehead atoms. The van der Waals surface area contributed by atoms with E-state index in [9.17, 15) is 4.79 Å². The molecule has 5 nitrogen and oxygen atoms in total. The lowest BCUT2D eigenvalue weighted by molar-refractivity contribution is 0.0947. The van der Waals surface area contributed by atoms with Gasteiger partial charge in [-0.25, -0.2) is 0 Å². The van der Waals surface area contributed by atoms with Crippen molar-refractivity contribution in [1.82, 2.24) is 15.5 Å². The summed E-state index contributed by atoms with van der Waals surface area (Å²) < 4.78 is 0. The number of unbranched alkanes of at least 4 members (excludes halogenated alkanes) is 3. The zero-order valence-electron chi connectivity index (χ0n) is 12.8. The minimum Gasteiger partial charge on any atom is -0.372 e. The molecule has 2 N–H and O–H groups in total. The summed E-state index contributed by atoms with van der Waals surface area (Å²) in [5.74, 6) is 1.29. The van der Waals surface area contributed by atoms with Crippen LogP contribution >= 0.6 is 0 Å². The lowest BCUT2D eigenvalue weighted by Crippen LogP contribution is -2.25. The summed E-state index contributed by atoms with van der Waals surface area (Å²) in [4.78, 5) is 11.8. The van der Waals surface area contributed by atoms with Gasteiger partial charge in [0.1, 0.15) is 5.82 Å². The van der Waals surface area contributed by atoms with Crippen molar-refractivity contribution in [1.29, 1.82) is 0 Å². The molecule has 0 saturated carbocycles. The number of nitrogens with zero attached hydrogens (tertiary/aromatic N) is 2. The predicted octanol–water partition coefficient (Wildman–Crippen LogP) is 2.85. The van der Waals surface area contributed by atoms with Crippen LogP contribution in [0.5, 0.6) is 0 Å².